The number of rotatable bonds is 2. The van der Waals surface area contributed by atoms with Gasteiger partial charge in [-0.2, -0.15) is 10.2 Å². The second-order valence-corrected chi connectivity index (χ2v) is 3.90. The van der Waals surface area contributed by atoms with Gasteiger partial charge in [-0.05, 0) is 29.1 Å². The minimum absolute atomic E-state index is 0.153. The summed E-state index contributed by atoms with van der Waals surface area (Å²) in [6.07, 6.45) is 4.58. The van der Waals surface area contributed by atoms with E-state index in [1.807, 2.05) is 30.5 Å². The fourth-order valence-corrected chi connectivity index (χ4v) is 1.94. The highest BCUT2D eigenvalue weighted by molar-refractivity contribution is 5.96. The van der Waals surface area contributed by atoms with Gasteiger partial charge < -0.3 is 10.1 Å². The number of carboxylic acids is 1. The molecule has 2 N–H and O–H groups in total. The molecule has 0 atom stereocenters. The van der Waals surface area contributed by atoms with E-state index in [-0.39, 0.29) is 5.56 Å². The van der Waals surface area contributed by atoms with E-state index in [9.17, 15) is 4.79 Å². The third-order valence-electron chi connectivity index (χ3n) is 2.83. The normalized spacial score (nSPS) is 10.7. The fraction of sp³-hybridized carbons (Fsp3) is 0. The van der Waals surface area contributed by atoms with Gasteiger partial charge in [0.15, 0.2) is 0 Å². The minimum Gasteiger partial charge on any atom is -0.478 e. The molecule has 0 unspecified atom stereocenters. The number of hydrogen-bond donors (Lipinski definition) is 2. The van der Waals surface area contributed by atoms with E-state index in [0.29, 0.717) is 5.56 Å². The lowest BCUT2D eigenvalue weighted by atomic mass is 10.0. The Kier molecular flexibility index (Phi) is 2.30. The number of aromatic carboxylic acids is 1. The summed E-state index contributed by atoms with van der Waals surface area (Å²) in [4.78, 5) is 14.2. The van der Waals surface area contributed by atoms with E-state index in [2.05, 4.69) is 15.2 Å². The van der Waals surface area contributed by atoms with Crippen LogP contribution in [0.15, 0.2) is 42.9 Å². The minimum atomic E-state index is -1.01. The molecule has 0 aliphatic rings. The molecule has 0 aliphatic heterocycles. The lowest BCUT2D eigenvalue weighted by Gasteiger charge is -2.04. The molecule has 1 aromatic carbocycles. The van der Waals surface area contributed by atoms with Crippen molar-refractivity contribution in [1.82, 2.24) is 15.2 Å². The average molecular weight is 239 g/mol. The highest BCUT2D eigenvalue weighted by Gasteiger charge is 2.12. The molecule has 5 heteroatoms. The third-order valence-corrected chi connectivity index (χ3v) is 2.83. The smallest absolute Gasteiger partial charge is 0.338 e. The van der Waals surface area contributed by atoms with Gasteiger partial charge in [0.1, 0.15) is 0 Å². The SMILES string of the molecule is O=C(O)c1cnncc1-c1ccc2[nH]ccc2c1. The van der Waals surface area contributed by atoms with Crippen molar-refractivity contribution in [3.8, 4) is 11.1 Å². The lowest BCUT2D eigenvalue weighted by molar-refractivity contribution is 0.0697. The quantitative estimate of drug-likeness (QED) is 0.719. The monoisotopic (exact) mass is 239 g/mol. The summed E-state index contributed by atoms with van der Waals surface area (Å²) in [7, 11) is 0. The van der Waals surface area contributed by atoms with Crippen LogP contribution in [0, 0.1) is 0 Å². The molecule has 88 valence electrons. The van der Waals surface area contributed by atoms with Crippen molar-refractivity contribution in [3.63, 3.8) is 0 Å². The van der Waals surface area contributed by atoms with Crippen molar-refractivity contribution in [2.75, 3.05) is 0 Å². The molecule has 5 nitrogen and oxygen atoms in total. The van der Waals surface area contributed by atoms with E-state index in [1.165, 1.54) is 12.4 Å². The zero-order valence-electron chi connectivity index (χ0n) is 9.29. The molecular weight excluding hydrogens is 230 g/mol. The maximum atomic E-state index is 11.1. The van der Waals surface area contributed by atoms with Crippen LogP contribution in [0.1, 0.15) is 10.4 Å². The summed E-state index contributed by atoms with van der Waals surface area (Å²) >= 11 is 0. The van der Waals surface area contributed by atoms with Gasteiger partial charge in [-0.1, -0.05) is 6.07 Å². The van der Waals surface area contributed by atoms with Crippen molar-refractivity contribution in [2.45, 2.75) is 0 Å². The molecule has 0 saturated carbocycles. The number of aromatic amines is 1. The first-order chi connectivity index (χ1) is 8.75. The van der Waals surface area contributed by atoms with Crippen LogP contribution in [0.2, 0.25) is 0 Å². The van der Waals surface area contributed by atoms with Crippen LogP contribution in [0.5, 0.6) is 0 Å². The zero-order chi connectivity index (χ0) is 12.5. The molecule has 3 rings (SSSR count). The number of carbonyl (C=O) groups is 1. The van der Waals surface area contributed by atoms with E-state index in [0.717, 1.165) is 16.5 Å². The van der Waals surface area contributed by atoms with E-state index < -0.39 is 5.97 Å². The Morgan fingerprint density at radius 3 is 2.83 bits per heavy atom. The first kappa shape index (κ1) is 10.5. The van der Waals surface area contributed by atoms with Gasteiger partial charge in [-0.3, -0.25) is 0 Å². The van der Waals surface area contributed by atoms with E-state index in [1.54, 1.807) is 0 Å². The van der Waals surface area contributed by atoms with Gasteiger partial charge >= 0.3 is 5.97 Å². The Balaban J connectivity index is 2.22. The number of fused-ring (bicyclic) bond motifs is 1. The molecular formula is C13H9N3O2. The topological polar surface area (TPSA) is 78.9 Å². The number of carboxylic acid groups (broad SMARTS) is 1. The summed E-state index contributed by atoms with van der Waals surface area (Å²) in [5.41, 5.74) is 2.55. The number of benzene rings is 1. The van der Waals surface area contributed by atoms with Gasteiger partial charge in [0.25, 0.3) is 0 Å². The van der Waals surface area contributed by atoms with Gasteiger partial charge in [-0.15, -0.1) is 0 Å². The molecule has 18 heavy (non-hydrogen) atoms. The van der Waals surface area contributed by atoms with Crippen molar-refractivity contribution in [1.29, 1.82) is 0 Å². The number of H-pyrrole nitrogens is 1. The second-order valence-electron chi connectivity index (χ2n) is 3.90. The standard InChI is InChI=1S/C13H9N3O2/c17-13(18)11-7-16-15-6-10(11)8-1-2-12-9(5-8)3-4-14-12/h1-7,14H,(H,17,18). The van der Waals surface area contributed by atoms with E-state index >= 15 is 0 Å². The van der Waals surface area contributed by atoms with Gasteiger partial charge in [-0.25, -0.2) is 4.79 Å². The van der Waals surface area contributed by atoms with Crippen LogP contribution in [0.4, 0.5) is 0 Å². The Morgan fingerprint density at radius 2 is 2.00 bits per heavy atom. The fourth-order valence-electron chi connectivity index (χ4n) is 1.94. The molecule has 2 aromatic heterocycles. The van der Waals surface area contributed by atoms with Crippen molar-refractivity contribution in [3.05, 3.63) is 48.4 Å². The molecule has 0 bridgehead atoms. The van der Waals surface area contributed by atoms with Crippen molar-refractivity contribution in [2.24, 2.45) is 0 Å². The first-order valence-electron chi connectivity index (χ1n) is 5.37. The van der Waals surface area contributed by atoms with Crippen LogP contribution in [-0.4, -0.2) is 26.3 Å². The maximum absolute atomic E-state index is 11.1. The predicted molar refractivity (Wildman–Crippen MR) is 66.3 cm³/mol. The molecule has 0 fully saturated rings. The van der Waals surface area contributed by atoms with Crippen LogP contribution in [-0.2, 0) is 0 Å². The molecule has 0 spiro atoms. The number of nitrogens with one attached hydrogen (secondary N) is 1. The van der Waals surface area contributed by atoms with Crippen LogP contribution >= 0.6 is 0 Å². The summed E-state index contributed by atoms with van der Waals surface area (Å²) in [6, 6.07) is 7.64. The Morgan fingerprint density at radius 1 is 1.17 bits per heavy atom. The first-order valence-corrected chi connectivity index (χ1v) is 5.37. The largest absolute Gasteiger partial charge is 0.478 e. The highest BCUT2D eigenvalue weighted by Crippen LogP contribution is 2.25. The van der Waals surface area contributed by atoms with Crippen molar-refractivity contribution >= 4 is 16.9 Å². The van der Waals surface area contributed by atoms with Crippen molar-refractivity contribution < 1.29 is 9.90 Å². The molecule has 2 heterocycles. The third kappa shape index (κ3) is 1.62. The molecule has 0 amide bonds. The summed E-state index contributed by atoms with van der Waals surface area (Å²) in [5.74, 6) is -1.01. The second kappa shape index (κ2) is 3.96. The summed E-state index contributed by atoms with van der Waals surface area (Å²) < 4.78 is 0. The van der Waals surface area contributed by atoms with Crippen LogP contribution in [0.3, 0.4) is 0 Å². The Labute approximate surface area is 102 Å². The molecule has 0 saturated heterocycles. The molecule has 3 aromatic rings. The number of nitrogens with zero attached hydrogens (tertiary/aromatic N) is 2. The van der Waals surface area contributed by atoms with Gasteiger partial charge in [0.05, 0.1) is 18.0 Å². The summed E-state index contributed by atoms with van der Waals surface area (Å²) in [5, 5.41) is 17.5. The number of hydrogen-bond acceptors (Lipinski definition) is 3. The van der Waals surface area contributed by atoms with Crippen LogP contribution in [0.25, 0.3) is 22.0 Å². The van der Waals surface area contributed by atoms with Gasteiger partial charge in [0.2, 0.25) is 0 Å². The lowest BCUT2D eigenvalue weighted by Crippen LogP contribution is -2.01. The predicted octanol–water partition coefficient (Wildman–Crippen LogP) is 2.32. The van der Waals surface area contributed by atoms with E-state index in [4.69, 9.17) is 5.11 Å². The Hall–Kier alpha value is -2.69. The summed E-state index contributed by atoms with van der Waals surface area (Å²) in [6.45, 7) is 0. The molecule has 0 radical (unpaired) electrons. The molecule has 0 aliphatic carbocycles. The van der Waals surface area contributed by atoms with Crippen LogP contribution < -0.4 is 0 Å². The number of aromatic nitrogens is 3. The maximum Gasteiger partial charge on any atom is 0.338 e. The average Bonchev–Trinajstić information content (AvgIpc) is 2.85. The highest BCUT2D eigenvalue weighted by atomic mass is 16.4. The zero-order valence-corrected chi connectivity index (χ0v) is 9.29. The Bertz CT molecular complexity index is 734. The van der Waals surface area contributed by atoms with Gasteiger partial charge in [0, 0.05) is 17.3 Å².